The van der Waals surface area contributed by atoms with Crippen LogP contribution in [0.15, 0.2) is 6.20 Å². The standard InChI is InChI=1S/C22H33FN8O3/c1-21(2)13-30(8-7-29(21)5)20(32)31-12-14-16(22(31,3)4)27-28-17(14)25-18-15(23)11-24-19(26-18)34-10-9-33-6/h11H,7-10,12-13H2,1-6H3,(H2,24,25,26,27,28). The van der Waals surface area contributed by atoms with Crippen molar-refractivity contribution in [3.8, 4) is 6.01 Å². The van der Waals surface area contributed by atoms with Crippen LogP contribution in [0.1, 0.15) is 39.0 Å². The maximum atomic E-state index is 14.4. The highest BCUT2D eigenvalue weighted by Crippen LogP contribution is 2.42. The average Bonchev–Trinajstić information content (AvgIpc) is 3.30. The number of hydrogen-bond acceptors (Lipinski definition) is 8. The number of likely N-dealkylation sites (N-methyl/N-ethyl adjacent to an activating group) is 1. The number of ether oxygens (including phenoxy) is 2. The second kappa shape index (κ2) is 8.99. The van der Waals surface area contributed by atoms with Gasteiger partial charge in [-0.25, -0.2) is 14.2 Å². The normalized spacial score (nSPS) is 19.3. The monoisotopic (exact) mass is 476 g/mol. The Morgan fingerprint density at radius 3 is 2.71 bits per heavy atom. The van der Waals surface area contributed by atoms with Crippen molar-refractivity contribution in [1.82, 2.24) is 34.9 Å². The number of carbonyl (C=O) groups is 1. The quantitative estimate of drug-likeness (QED) is 0.611. The van der Waals surface area contributed by atoms with Gasteiger partial charge in [-0.1, -0.05) is 0 Å². The van der Waals surface area contributed by atoms with Crippen LogP contribution >= 0.6 is 0 Å². The first kappa shape index (κ1) is 24.1. The van der Waals surface area contributed by atoms with Crippen molar-refractivity contribution in [2.24, 2.45) is 0 Å². The van der Waals surface area contributed by atoms with Crippen LogP contribution in [-0.4, -0.2) is 93.4 Å². The number of anilines is 2. The van der Waals surface area contributed by atoms with E-state index in [2.05, 4.69) is 51.3 Å². The number of aromatic nitrogens is 4. The van der Waals surface area contributed by atoms with Gasteiger partial charge in [0.05, 0.1) is 30.6 Å². The Morgan fingerprint density at radius 1 is 1.24 bits per heavy atom. The van der Waals surface area contributed by atoms with Crippen molar-refractivity contribution in [2.45, 2.75) is 45.3 Å². The zero-order valence-electron chi connectivity index (χ0n) is 20.6. The summed E-state index contributed by atoms with van der Waals surface area (Å²) < 4.78 is 24.7. The summed E-state index contributed by atoms with van der Waals surface area (Å²) in [6.07, 6.45) is 1.04. The Bertz CT molecular complexity index is 1060. The zero-order chi connectivity index (χ0) is 24.7. The maximum Gasteiger partial charge on any atom is 0.321 e. The number of nitrogens with zero attached hydrogens (tertiary/aromatic N) is 6. The molecule has 0 spiro atoms. The third-order valence-corrected chi connectivity index (χ3v) is 6.77. The predicted octanol–water partition coefficient (Wildman–Crippen LogP) is 2.30. The van der Waals surface area contributed by atoms with E-state index in [1.807, 2.05) is 23.6 Å². The van der Waals surface area contributed by atoms with Gasteiger partial charge in [0.1, 0.15) is 6.61 Å². The minimum absolute atomic E-state index is 0.0243. The number of H-pyrrole nitrogens is 1. The van der Waals surface area contributed by atoms with E-state index in [9.17, 15) is 9.18 Å². The van der Waals surface area contributed by atoms with Crippen molar-refractivity contribution < 1.29 is 18.7 Å². The number of nitrogens with one attached hydrogen (secondary N) is 2. The summed E-state index contributed by atoms with van der Waals surface area (Å²) >= 11 is 0. The van der Waals surface area contributed by atoms with Crippen molar-refractivity contribution in [3.05, 3.63) is 23.3 Å². The lowest BCUT2D eigenvalue weighted by Crippen LogP contribution is -2.61. The van der Waals surface area contributed by atoms with Crippen LogP contribution in [0.25, 0.3) is 0 Å². The van der Waals surface area contributed by atoms with Gasteiger partial charge in [-0.05, 0) is 34.7 Å². The highest BCUT2D eigenvalue weighted by Gasteiger charge is 2.46. The number of amides is 2. The van der Waals surface area contributed by atoms with Crippen LogP contribution in [0.5, 0.6) is 6.01 Å². The van der Waals surface area contributed by atoms with Crippen molar-refractivity contribution in [3.63, 3.8) is 0 Å². The molecule has 4 heterocycles. The molecule has 186 valence electrons. The fraction of sp³-hybridized carbons (Fsp3) is 0.636. The van der Waals surface area contributed by atoms with Crippen LogP contribution in [0, 0.1) is 5.82 Å². The topological polar surface area (TPSA) is 112 Å². The Labute approximate surface area is 198 Å². The lowest BCUT2D eigenvalue weighted by molar-refractivity contribution is 0.0339. The molecule has 1 fully saturated rings. The van der Waals surface area contributed by atoms with Gasteiger partial charge in [-0.3, -0.25) is 10.00 Å². The number of rotatable bonds is 6. The molecule has 0 radical (unpaired) electrons. The minimum Gasteiger partial charge on any atom is -0.461 e. The first-order valence-electron chi connectivity index (χ1n) is 11.3. The Hall–Kier alpha value is -2.99. The summed E-state index contributed by atoms with van der Waals surface area (Å²) in [5.74, 6) is -0.279. The molecular formula is C22H33FN8O3. The molecule has 4 rings (SSSR count). The van der Waals surface area contributed by atoms with E-state index in [4.69, 9.17) is 9.47 Å². The number of urea groups is 1. The van der Waals surface area contributed by atoms with Gasteiger partial charge in [0, 0.05) is 37.8 Å². The van der Waals surface area contributed by atoms with Crippen LogP contribution in [0.4, 0.5) is 20.8 Å². The van der Waals surface area contributed by atoms with E-state index >= 15 is 0 Å². The van der Waals surface area contributed by atoms with Crippen molar-refractivity contribution >= 4 is 17.7 Å². The number of hydrogen-bond donors (Lipinski definition) is 2. The average molecular weight is 477 g/mol. The molecule has 2 aliphatic rings. The molecule has 11 nitrogen and oxygen atoms in total. The molecular weight excluding hydrogens is 443 g/mol. The van der Waals surface area contributed by atoms with E-state index in [1.165, 1.54) is 0 Å². The van der Waals surface area contributed by atoms with E-state index < -0.39 is 11.4 Å². The number of piperazine rings is 1. The van der Waals surface area contributed by atoms with Gasteiger partial charge in [0.2, 0.25) is 0 Å². The SMILES string of the molecule is COCCOc1ncc(F)c(Nc2n[nH]c3c2CN(C(=O)N2CCN(C)C(C)(C)C2)C3(C)C)n1. The summed E-state index contributed by atoms with van der Waals surface area (Å²) in [6.45, 7) is 11.3. The predicted molar refractivity (Wildman–Crippen MR) is 123 cm³/mol. The van der Waals surface area contributed by atoms with Gasteiger partial charge < -0.3 is 24.6 Å². The highest BCUT2D eigenvalue weighted by atomic mass is 19.1. The Morgan fingerprint density at radius 2 is 2.00 bits per heavy atom. The largest absolute Gasteiger partial charge is 0.461 e. The Balaban J connectivity index is 1.53. The minimum atomic E-state index is -0.638. The summed E-state index contributed by atoms with van der Waals surface area (Å²) in [5, 5.41) is 10.3. The van der Waals surface area contributed by atoms with Gasteiger partial charge in [0.25, 0.3) is 0 Å². The molecule has 2 aliphatic heterocycles. The maximum absolute atomic E-state index is 14.4. The van der Waals surface area contributed by atoms with E-state index in [-0.39, 0.29) is 30.0 Å². The molecule has 2 aromatic rings. The molecule has 2 N–H and O–H groups in total. The molecule has 0 atom stereocenters. The first-order valence-corrected chi connectivity index (χ1v) is 11.3. The summed E-state index contributed by atoms with van der Waals surface area (Å²) in [6, 6.07) is 0.00622. The molecule has 2 aromatic heterocycles. The fourth-order valence-corrected chi connectivity index (χ4v) is 4.34. The smallest absolute Gasteiger partial charge is 0.321 e. The lowest BCUT2D eigenvalue weighted by atomic mass is 9.99. The molecule has 0 saturated carbocycles. The number of halogens is 1. The zero-order valence-corrected chi connectivity index (χ0v) is 20.6. The van der Waals surface area contributed by atoms with E-state index in [1.54, 1.807) is 7.11 Å². The first-order chi connectivity index (χ1) is 16.0. The van der Waals surface area contributed by atoms with Crippen LogP contribution < -0.4 is 10.1 Å². The highest BCUT2D eigenvalue weighted by molar-refractivity contribution is 5.78. The molecule has 0 aliphatic carbocycles. The molecule has 0 aromatic carbocycles. The summed E-state index contributed by atoms with van der Waals surface area (Å²) in [7, 11) is 3.64. The molecule has 34 heavy (non-hydrogen) atoms. The lowest BCUT2D eigenvalue weighted by Gasteiger charge is -2.47. The Kier molecular flexibility index (Phi) is 6.38. The van der Waals surface area contributed by atoms with Gasteiger partial charge in [-0.15, -0.1) is 0 Å². The number of carbonyl (C=O) groups excluding carboxylic acids is 1. The molecule has 1 saturated heterocycles. The van der Waals surface area contributed by atoms with Gasteiger partial charge in [-0.2, -0.15) is 10.1 Å². The van der Waals surface area contributed by atoms with Crippen LogP contribution in [0.2, 0.25) is 0 Å². The number of fused-ring (bicyclic) bond motifs is 1. The molecule has 12 heteroatoms. The van der Waals surface area contributed by atoms with Crippen LogP contribution in [0.3, 0.4) is 0 Å². The van der Waals surface area contributed by atoms with E-state index in [0.717, 1.165) is 24.0 Å². The number of methoxy groups -OCH3 is 1. The summed E-state index contributed by atoms with van der Waals surface area (Å²) in [4.78, 5) is 27.5. The van der Waals surface area contributed by atoms with E-state index in [0.29, 0.717) is 32.1 Å². The second-order valence-electron chi connectivity index (χ2n) is 9.82. The van der Waals surface area contributed by atoms with Crippen molar-refractivity contribution in [2.75, 3.05) is 52.3 Å². The van der Waals surface area contributed by atoms with Crippen LogP contribution in [-0.2, 0) is 16.8 Å². The van der Waals surface area contributed by atoms with Gasteiger partial charge in [0.15, 0.2) is 17.5 Å². The molecule has 0 unspecified atom stereocenters. The fourth-order valence-electron chi connectivity index (χ4n) is 4.34. The van der Waals surface area contributed by atoms with Crippen molar-refractivity contribution in [1.29, 1.82) is 0 Å². The van der Waals surface area contributed by atoms with Gasteiger partial charge >= 0.3 is 12.0 Å². The third-order valence-electron chi connectivity index (χ3n) is 6.77. The second-order valence-corrected chi connectivity index (χ2v) is 9.82. The number of aromatic amines is 1. The molecule has 2 amide bonds. The summed E-state index contributed by atoms with van der Waals surface area (Å²) in [5.41, 5.74) is 0.897. The molecule has 0 bridgehead atoms. The third kappa shape index (κ3) is 4.39.